The van der Waals surface area contributed by atoms with Crippen molar-refractivity contribution in [1.29, 1.82) is 0 Å². The van der Waals surface area contributed by atoms with E-state index >= 15 is 0 Å². The normalized spacial score (nSPS) is 16.9. The zero-order chi connectivity index (χ0) is 17.7. The fraction of sp³-hybridized carbons (Fsp3) is 0.588. The Morgan fingerprint density at radius 1 is 1.12 bits per heavy atom. The number of hydrogen-bond donors (Lipinski definition) is 0. The van der Waals surface area contributed by atoms with Crippen LogP contribution >= 0.6 is 0 Å². The Hall–Kier alpha value is -1.60. The van der Waals surface area contributed by atoms with Crippen molar-refractivity contribution in [1.82, 2.24) is 9.21 Å². The molecule has 0 atom stereocenters. The van der Waals surface area contributed by atoms with Gasteiger partial charge in [-0.05, 0) is 36.6 Å². The van der Waals surface area contributed by atoms with Crippen LogP contribution in [0.1, 0.15) is 27.2 Å². The van der Waals surface area contributed by atoms with Gasteiger partial charge in [0.2, 0.25) is 15.9 Å². The second kappa shape index (κ2) is 7.98. The summed E-state index contributed by atoms with van der Waals surface area (Å²) in [4.78, 5) is 13.4. The minimum atomic E-state index is -3.54. The van der Waals surface area contributed by atoms with Crippen LogP contribution in [0.25, 0.3) is 0 Å². The summed E-state index contributed by atoms with van der Waals surface area (Å²) >= 11 is 0. The number of hydrogen-bond acceptors (Lipinski definition) is 4. The Morgan fingerprint density at radius 2 is 1.79 bits per heavy atom. The van der Waals surface area contributed by atoms with Gasteiger partial charge < -0.3 is 9.64 Å². The molecule has 1 heterocycles. The predicted octanol–water partition coefficient (Wildman–Crippen LogP) is 1.96. The van der Waals surface area contributed by atoms with Gasteiger partial charge in [0, 0.05) is 33.1 Å². The third-order valence-corrected chi connectivity index (χ3v) is 5.86. The molecule has 0 spiro atoms. The van der Waals surface area contributed by atoms with E-state index in [1.807, 2.05) is 0 Å². The lowest BCUT2D eigenvalue weighted by Crippen LogP contribution is -2.36. The lowest BCUT2D eigenvalue weighted by molar-refractivity contribution is -0.128. The predicted molar refractivity (Wildman–Crippen MR) is 92.4 cm³/mol. The van der Waals surface area contributed by atoms with E-state index in [9.17, 15) is 13.2 Å². The zero-order valence-electron chi connectivity index (χ0n) is 14.6. The molecule has 134 valence electrons. The van der Waals surface area contributed by atoms with Gasteiger partial charge in [-0.2, -0.15) is 4.31 Å². The maximum Gasteiger partial charge on any atom is 0.243 e. The molecule has 0 unspecified atom stereocenters. The van der Waals surface area contributed by atoms with Gasteiger partial charge in [-0.3, -0.25) is 4.79 Å². The molecule has 0 radical (unpaired) electrons. The van der Waals surface area contributed by atoms with E-state index in [0.717, 1.165) is 0 Å². The Bertz CT molecular complexity index is 656. The summed E-state index contributed by atoms with van der Waals surface area (Å²) in [6.45, 7) is 8.02. The molecule has 0 aromatic heterocycles. The first kappa shape index (κ1) is 18.7. The third-order valence-electron chi connectivity index (χ3n) is 3.95. The van der Waals surface area contributed by atoms with Crippen LogP contribution in [-0.2, 0) is 14.8 Å². The van der Waals surface area contributed by atoms with E-state index in [2.05, 4.69) is 13.8 Å². The highest BCUT2D eigenvalue weighted by atomic mass is 32.2. The molecular weight excluding hydrogens is 328 g/mol. The first-order valence-electron chi connectivity index (χ1n) is 8.29. The van der Waals surface area contributed by atoms with E-state index in [1.165, 1.54) is 11.2 Å². The minimum Gasteiger partial charge on any atom is -0.493 e. The molecular formula is C17H26N2O4S. The highest BCUT2D eigenvalue weighted by molar-refractivity contribution is 7.89. The van der Waals surface area contributed by atoms with Crippen molar-refractivity contribution < 1.29 is 17.9 Å². The van der Waals surface area contributed by atoms with Gasteiger partial charge in [-0.25, -0.2) is 8.42 Å². The van der Waals surface area contributed by atoms with Gasteiger partial charge in [0.1, 0.15) is 5.75 Å². The molecule has 1 aromatic rings. The topological polar surface area (TPSA) is 66.9 Å². The molecule has 1 aliphatic rings. The van der Waals surface area contributed by atoms with Gasteiger partial charge in [0.05, 0.1) is 11.5 Å². The van der Waals surface area contributed by atoms with Crippen molar-refractivity contribution in [3.63, 3.8) is 0 Å². The van der Waals surface area contributed by atoms with E-state index in [4.69, 9.17) is 4.74 Å². The molecule has 1 fully saturated rings. The summed E-state index contributed by atoms with van der Waals surface area (Å²) in [6.07, 6.45) is 0.647. The maximum absolute atomic E-state index is 12.8. The van der Waals surface area contributed by atoms with E-state index in [0.29, 0.717) is 50.9 Å². The first-order valence-corrected chi connectivity index (χ1v) is 9.73. The molecule has 2 rings (SSSR count). The van der Waals surface area contributed by atoms with Crippen molar-refractivity contribution >= 4 is 15.9 Å². The first-order chi connectivity index (χ1) is 11.3. The molecule has 0 N–H and O–H groups in total. The molecule has 1 saturated heterocycles. The molecule has 0 saturated carbocycles. The molecule has 0 bridgehead atoms. The van der Waals surface area contributed by atoms with Gasteiger partial charge >= 0.3 is 0 Å². The molecule has 0 aliphatic carbocycles. The van der Waals surface area contributed by atoms with Crippen LogP contribution in [0.5, 0.6) is 5.75 Å². The standard InChI is InChI=1S/C17H26N2O4S/c1-14(2)13-23-16-5-7-17(8-6-16)24(21,22)19-10-4-9-18(11-12-19)15(3)20/h5-8,14H,4,9-13H2,1-3H3. The maximum atomic E-state index is 12.8. The molecule has 1 amide bonds. The van der Waals surface area contributed by atoms with Gasteiger partial charge in [-0.1, -0.05) is 13.8 Å². The van der Waals surface area contributed by atoms with Crippen LogP contribution in [0.4, 0.5) is 0 Å². The molecule has 6 nitrogen and oxygen atoms in total. The quantitative estimate of drug-likeness (QED) is 0.811. The number of ether oxygens (including phenoxy) is 1. The lowest BCUT2D eigenvalue weighted by atomic mass is 10.2. The monoisotopic (exact) mass is 354 g/mol. The number of benzene rings is 1. The van der Waals surface area contributed by atoms with Crippen molar-refractivity contribution in [2.45, 2.75) is 32.1 Å². The van der Waals surface area contributed by atoms with Crippen LogP contribution in [-0.4, -0.2) is 56.3 Å². The van der Waals surface area contributed by atoms with Crippen LogP contribution in [0.2, 0.25) is 0 Å². The summed E-state index contributed by atoms with van der Waals surface area (Å²) in [5.41, 5.74) is 0. The van der Waals surface area contributed by atoms with E-state index in [1.54, 1.807) is 29.2 Å². The largest absolute Gasteiger partial charge is 0.493 e. The second-order valence-corrected chi connectivity index (χ2v) is 8.38. The molecule has 1 aliphatic heterocycles. The Labute approximate surface area is 144 Å². The lowest BCUT2D eigenvalue weighted by Gasteiger charge is -2.21. The average Bonchev–Trinajstić information content (AvgIpc) is 2.80. The fourth-order valence-electron chi connectivity index (χ4n) is 2.57. The molecule has 24 heavy (non-hydrogen) atoms. The number of sulfonamides is 1. The Morgan fingerprint density at radius 3 is 2.38 bits per heavy atom. The number of carbonyl (C=O) groups is 1. The molecule has 7 heteroatoms. The van der Waals surface area contributed by atoms with Gasteiger partial charge in [0.25, 0.3) is 0 Å². The second-order valence-electron chi connectivity index (χ2n) is 6.44. The summed E-state index contributed by atoms with van der Waals surface area (Å²) in [7, 11) is -3.54. The summed E-state index contributed by atoms with van der Waals surface area (Å²) < 4.78 is 32.6. The SMILES string of the molecule is CC(=O)N1CCCN(S(=O)(=O)c2ccc(OCC(C)C)cc2)CC1. The van der Waals surface area contributed by atoms with Crippen molar-refractivity contribution in [2.24, 2.45) is 5.92 Å². The number of amides is 1. The van der Waals surface area contributed by atoms with Gasteiger partial charge in [-0.15, -0.1) is 0 Å². The Balaban J connectivity index is 2.08. The van der Waals surface area contributed by atoms with Crippen molar-refractivity contribution in [3.05, 3.63) is 24.3 Å². The van der Waals surface area contributed by atoms with E-state index in [-0.39, 0.29) is 10.8 Å². The Kier molecular flexibility index (Phi) is 6.23. The van der Waals surface area contributed by atoms with Gasteiger partial charge in [0.15, 0.2) is 0 Å². The zero-order valence-corrected chi connectivity index (χ0v) is 15.4. The van der Waals surface area contributed by atoms with Crippen molar-refractivity contribution in [3.8, 4) is 5.75 Å². The highest BCUT2D eigenvalue weighted by Gasteiger charge is 2.27. The number of rotatable bonds is 5. The van der Waals surface area contributed by atoms with Crippen LogP contribution < -0.4 is 4.74 Å². The molecule has 1 aromatic carbocycles. The minimum absolute atomic E-state index is 0.0131. The smallest absolute Gasteiger partial charge is 0.243 e. The van der Waals surface area contributed by atoms with Crippen molar-refractivity contribution in [2.75, 3.05) is 32.8 Å². The summed E-state index contributed by atoms with van der Waals surface area (Å²) in [5.74, 6) is 1.07. The highest BCUT2D eigenvalue weighted by Crippen LogP contribution is 2.21. The number of carbonyl (C=O) groups excluding carboxylic acids is 1. The number of nitrogens with zero attached hydrogens (tertiary/aromatic N) is 2. The van der Waals surface area contributed by atoms with E-state index < -0.39 is 10.0 Å². The van der Waals surface area contributed by atoms with Crippen LogP contribution in [0.3, 0.4) is 0 Å². The third kappa shape index (κ3) is 4.70. The average molecular weight is 354 g/mol. The summed E-state index contributed by atoms with van der Waals surface area (Å²) in [5, 5.41) is 0. The fourth-order valence-corrected chi connectivity index (χ4v) is 4.04. The summed E-state index contributed by atoms with van der Waals surface area (Å²) in [6, 6.07) is 6.54. The van der Waals surface area contributed by atoms with Crippen LogP contribution in [0, 0.1) is 5.92 Å². The van der Waals surface area contributed by atoms with Crippen LogP contribution in [0.15, 0.2) is 29.2 Å².